The largest absolute Gasteiger partial charge is 0.439 e. The minimum absolute atomic E-state index is 0.0252. The molecule has 0 saturated heterocycles. The lowest BCUT2D eigenvalue weighted by molar-refractivity contribution is 0.439. The highest BCUT2D eigenvalue weighted by Gasteiger charge is 2.19. The van der Waals surface area contributed by atoms with Crippen molar-refractivity contribution >= 4 is 11.6 Å². The van der Waals surface area contributed by atoms with Crippen LogP contribution in [0.1, 0.15) is 37.5 Å². The van der Waals surface area contributed by atoms with Crippen LogP contribution in [0.25, 0.3) is 0 Å². The molecule has 0 radical (unpaired) electrons. The molecule has 0 atom stereocenters. The highest BCUT2D eigenvalue weighted by molar-refractivity contribution is 6.17. The van der Waals surface area contributed by atoms with Gasteiger partial charge in [0.25, 0.3) is 0 Å². The van der Waals surface area contributed by atoms with E-state index in [0.717, 1.165) is 11.3 Å². The quantitative estimate of drug-likeness (QED) is 0.723. The number of pyridine rings is 1. The summed E-state index contributed by atoms with van der Waals surface area (Å²) in [4.78, 5) is 4.28. The lowest BCUT2D eigenvalue weighted by Crippen LogP contribution is -2.13. The van der Waals surface area contributed by atoms with Crippen molar-refractivity contribution in [3.63, 3.8) is 0 Å². The van der Waals surface area contributed by atoms with Crippen molar-refractivity contribution in [2.24, 2.45) is 0 Å². The van der Waals surface area contributed by atoms with E-state index in [1.807, 2.05) is 18.2 Å². The molecule has 0 fully saturated rings. The van der Waals surface area contributed by atoms with Gasteiger partial charge in [-0.3, -0.25) is 0 Å². The van der Waals surface area contributed by atoms with E-state index in [4.69, 9.17) is 16.3 Å². The second-order valence-electron chi connectivity index (χ2n) is 5.99. The monoisotopic (exact) mass is 289 g/mol. The minimum Gasteiger partial charge on any atom is -0.439 e. The number of alkyl halides is 1. The van der Waals surface area contributed by atoms with Crippen molar-refractivity contribution in [1.29, 1.82) is 0 Å². The molecule has 2 rings (SSSR count). The van der Waals surface area contributed by atoms with Gasteiger partial charge in [0.15, 0.2) is 0 Å². The fourth-order valence-corrected chi connectivity index (χ4v) is 2.14. The molecule has 0 unspecified atom stereocenters. The molecule has 3 heteroatoms. The fourth-order valence-electron chi connectivity index (χ4n) is 1.98. The van der Waals surface area contributed by atoms with Crippen LogP contribution in [0, 0.1) is 6.92 Å². The highest BCUT2D eigenvalue weighted by Crippen LogP contribution is 2.34. The van der Waals surface area contributed by atoms with Crippen molar-refractivity contribution in [3.8, 4) is 11.6 Å². The maximum atomic E-state index is 5.94. The van der Waals surface area contributed by atoms with Crippen LogP contribution in [-0.2, 0) is 11.3 Å². The number of ether oxygens (including phenoxy) is 1. The van der Waals surface area contributed by atoms with Crippen molar-refractivity contribution in [3.05, 3.63) is 53.2 Å². The van der Waals surface area contributed by atoms with E-state index in [0.29, 0.717) is 11.8 Å². The molecule has 20 heavy (non-hydrogen) atoms. The zero-order valence-electron chi connectivity index (χ0n) is 12.4. The Hall–Kier alpha value is -1.54. The molecule has 0 bridgehead atoms. The van der Waals surface area contributed by atoms with Gasteiger partial charge in [0, 0.05) is 23.7 Å². The first-order chi connectivity index (χ1) is 9.40. The van der Waals surface area contributed by atoms with Gasteiger partial charge in [0.2, 0.25) is 5.88 Å². The molecule has 1 aromatic heterocycles. The van der Waals surface area contributed by atoms with Crippen LogP contribution in [0.15, 0.2) is 36.5 Å². The second-order valence-corrected chi connectivity index (χ2v) is 6.26. The Morgan fingerprint density at radius 2 is 1.90 bits per heavy atom. The topological polar surface area (TPSA) is 22.1 Å². The van der Waals surface area contributed by atoms with Crippen molar-refractivity contribution < 1.29 is 4.74 Å². The Kier molecular flexibility index (Phi) is 4.34. The lowest BCUT2D eigenvalue weighted by Gasteiger charge is -2.23. The lowest BCUT2D eigenvalue weighted by atomic mass is 9.85. The van der Waals surface area contributed by atoms with Crippen LogP contribution in [0.3, 0.4) is 0 Å². The normalized spacial score (nSPS) is 11.4. The third-order valence-electron chi connectivity index (χ3n) is 3.11. The van der Waals surface area contributed by atoms with Crippen LogP contribution in [0.4, 0.5) is 0 Å². The van der Waals surface area contributed by atoms with Gasteiger partial charge >= 0.3 is 0 Å². The summed E-state index contributed by atoms with van der Waals surface area (Å²) >= 11 is 5.76. The van der Waals surface area contributed by atoms with Crippen LogP contribution >= 0.6 is 11.6 Å². The van der Waals surface area contributed by atoms with Crippen LogP contribution in [0.2, 0.25) is 0 Å². The zero-order valence-corrected chi connectivity index (χ0v) is 13.2. The number of aromatic nitrogens is 1. The first kappa shape index (κ1) is 14.9. The van der Waals surface area contributed by atoms with Crippen molar-refractivity contribution in [1.82, 2.24) is 4.98 Å². The summed E-state index contributed by atoms with van der Waals surface area (Å²) in [6.45, 7) is 8.63. The summed E-state index contributed by atoms with van der Waals surface area (Å²) in [6.07, 6.45) is 1.74. The Bertz CT molecular complexity index is 585. The van der Waals surface area contributed by atoms with Crippen molar-refractivity contribution in [2.75, 3.05) is 0 Å². The van der Waals surface area contributed by atoms with E-state index in [2.05, 4.69) is 44.8 Å². The average Bonchev–Trinajstić information content (AvgIpc) is 2.40. The van der Waals surface area contributed by atoms with Gasteiger partial charge in [0.1, 0.15) is 5.75 Å². The average molecular weight is 290 g/mol. The number of aryl methyl sites for hydroxylation is 1. The number of nitrogens with zero attached hydrogens (tertiary/aromatic N) is 1. The van der Waals surface area contributed by atoms with Gasteiger partial charge in [-0.2, -0.15) is 0 Å². The van der Waals surface area contributed by atoms with Crippen LogP contribution in [-0.4, -0.2) is 4.98 Å². The Labute approximate surface area is 125 Å². The third kappa shape index (κ3) is 3.51. The predicted octanol–water partition coefficient (Wildman–Crippen LogP) is 5.22. The fraction of sp³-hybridized carbons (Fsp3) is 0.353. The van der Waals surface area contributed by atoms with E-state index in [-0.39, 0.29) is 5.41 Å². The third-order valence-corrected chi connectivity index (χ3v) is 3.42. The van der Waals surface area contributed by atoms with Gasteiger partial charge in [-0.15, -0.1) is 11.6 Å². The highest BCUT2D eigenvalue weighted by atomic mass is 35.5. The van der Waals surface area contributed by atoms with E-state index in [1.54, 1.807) is 6.20 Å². The first-order valence-electron chi connectivity index (χ1n) is 6.70. The van der Waals surface area contributed by atoms with Crippen LogP contribution in [0.5, 0.6) is 11.6 Å². The molecule has 0 amide bonds. The summed E-state index contributed by atoms with van der Waals surface area (Å²) in [7, 11) is 0. The Morgan fingerprint density at radius 3 is 2.45 bits per heavy atom. The molecule has 0 aliphatic heterocycles. The van der Waals surface area contributed by atoms with Crippen LogP contribution < -0.4 is 4.74 Å². The molecule has 106 valence electrons. The molecule has 0 aliphatic carbocycles. The summed E-state index contributed by atoms with van der Waals surface area (Å²) < 4.78 is 5.94. The number of halogens is 1. The molecule has 0 saturated carbocycles. The maximum absolute atomic E-state index is 5.94. The Balaban J connectivity index is 2.32. The van der Waals surface area contributed by atoms with E-state index < -0.39 is 0 Å². The molecule has 0 spiro atoms. The first-order valence-corrected chi connectivity index (χ1v) is 7.23. The van der Waals surface area contributed by atoms with Gasteiger partial charge in [0.05, 0.1) is 0 Å². The molecule has 0 aliphatic rings. The number of rotatable bonds is 3. The SMILES string of the molecule is Cc1ccc(Oc2ccc(CCl)cn2)c(C(C)(C)C)c1. The molecule has 1 heterocycles. The molecule has 2 aromatic rings. The molecular formula is C17H20ClNO. The van der Waals surface area contributed by atoms with E-state index >= 15 is 0 Å². The van der Waals surface area contributed by atoms with E-state index in [1.165, 1.54) is 11.1 Å². The number of hydrogen-bond donors (Lipinski definition) is 0. The number of benzene rings is 1. The zero-order chi connectivity index (χ0) is 14.8. The number of hydrogen-bond acceptors (Lipinski definition) is 2. The Morgan fingerprint density at radius 1 is 1.15 bits per heavy atom. The summed E-state index contributed by atoms with van der Waals surface area (Å²) in [6, 6.07) is 10.0. The predicted molar refractivity (Wildman–Crippen MR) is 83.7 cm³/mol. The molecule has 0 N–H and O–H groups in total. The second kappa shape index (κ2) is 5.84. The summed E-state index contributed by atoms with van der Waals surface area (Å²) in [5.41, 5.74) is 3.42. The molecular weight excluding hydrogens is 270 g/mol. The smallest absolute Gasteiger partial charge is 0.219 e. The minimum atomic E-state index is 0.0252. The van der Waals surface area contributed by atoms with Crippen molar-refractivity contribution in [2.45, 2.75) is 39.0 Å². The summed E-state index contributed by atoms with van der Waals surface area (Å²) in [5.74, 6) is 1.91. The standard InChI is InChI=1S/C17H20ClNO/c1-12-5-7-15(14(9-12)17(2,3)4)20-16-8-6-13(10-18)11-19-16/h5-9,11H,10H2,1-4H3. The van der Waals surface area contributed by atoms with Gasteiger partial charge in [-0.05, 0) is 24.0 Å². The van der Waals surface area contributed by atoms with Gasteiger partial charge < -0.3 is 4.74 Å². The summed E-state index contributed by atoms with van der Waals surface area (Å²) in [5, 5.41) is 0. The van der Waals surface area contributed by atoms with Gasteiger partial charge in [-0.1, -0.05) is 44.5 Å². The van der Waals surface area contributed by atoms with Gasteiger partial charge in [-0.25, -0.2) is 4.98 Å². The maximum Gasteiger partial charge on any atom is 0.219 e. The molecule has 2 nitrogen and oxygen atoms in total. The molecule has 1 aromatic carbocycles. The van der Waals surface area contributed by atoms with E-state index in [9.17, 15) is 0 Å².